The maximum absolute atomic E-state index is 6.32. The average Bonchev–Trinajstić information content (AvgIpc) is 2.51. The van der Waals surface area contributed by atoms with E-state index in [1.165, 1.54) is 19.3 Å². The molecular formula is C13H22ClN3. The van der Waals surface area contributed by atoms with Crippen molar-refractivity contribution in [3.8, 4) is 0 Å². The third kappa shape index (κ3) is 2.83. The maximum atomic E-state index is 6.32. The minimum absolute atomic E-state index is 0.220. The lowest BCUT2D eigenvalue weighted by Crippen LogP contribution is -2.29. The van der Waals surface area contributed by atoms with Gasteiger partial charge in [0.15, 0.2) is 0 Å². The van der Waals surface area contributed by atoms with Crippen molar-refractivity contribution in [3.05, 3.63) is 16.4 Å². The molecule has 1 aliphatic rings. The van der Waals surface area contributed by atoms with Crippen molar-refractivity contribution < 1.29 is 0 Å². The Hall–Kier alpha value is -0.540. The molecule has 4 heteroatoms. The van der Waals surface area contributed by atoms with Crippen molar-refractivity contribution in [2.75, 3.05) is 0 Å². The molecule has 2 rings (SSSR count). The summed E-state index contributed by atoms with van der Waals surface area (Å²) in [5.41, 5.74) is 8.28. The van der Waals surface area contributed by atoms with Crippen LogP contribution >= 0.6 is 11.6 Å². The van der Waals surface area contributed by atoms with E-state index >= 15 is 0 Å². The van der Waals surface area contributed by atoms with Gasteiger partial charge in [-0.25, -0.2) is 0 Å². The van der Waals surface area contributed by atoms with Gasteiger partial charge in [-0.1, -0.05) is 37.8 Å². The van der Waals surface area contributed by atoms with Crippen LogP contribution in [0.5, 0.6) is 0 Å². The van der Waals surface area contributed by atoms with Crippen molar-refractivity contribution >= 4 is 11.6 Å². The van der Waals surface area contributed by atoms with Gasteiger partial charge in [0, 0.05) is 19.5 Å². The van der Waals surface area contributed by atoms with Crippen molar-refractivity contribution in [2.24, 2.45) is 18.7 Å². The molecule has 1 unspecified atom stereocenters. The lowest BCUT2D eigenvalue weighted by molar-refractivity contribution is 0.274. The second-order valence-electron chi connectivity index (χ2n) is 5.18. The maximum Gasteiger partial charge on any atom is 0.0850 e. The summed E-state index contributed by atoms with van der Waals surface area (Å²) in [6.45, 7) is 2.08. The van der Waals surface area contributed by atoms with E-state index in [-0.39, 0.29) is 6.04 Å². The van der Waals surface area contributed by atoms with E-state index < -0.39 is 0 Å². The summed E-state index contributed by atoms with van der Waals surface area (Å²) < 4.78 is 1.89. The zero-order valence-electron chi connectivity index (χ0n) is 10.7. The molecule has 1 aromatic rings. The normalized spacial score (nSPS) is 18.1. The van der Waals surface area contributed by atoms with Gasteiger partial charge in [0.25, 0.3) is 0 Å². The summed E-state index contributed by atoms with van der Waals surface area (Å²) in [5, 5.41) is 5.24. The molecule has 0 amide bonds. The number of hydrogen-bond acceptors (Lipinski definition) is 2. The van der Waals surface area contributed by atoms with Gasteiger partial charge in [-0.05, 0) is 18.8 Å². The van der Waals surface area contributed by atoms with Gasteiger partial charge in [0.2, 0.25) is 0 Å². The molecule has 1 aliphatic carbocycles. The Balaban J connectivity index is 1.99. The van der Waals surface area contributed by atoms with Gasteiger partial charge < -0.3 is 5.73 Å². The Morgan fingerprint density at radius 3 is 2.71 bits per heavy atom. The van der Waals surface area contributed by atoms with Crippen molar-refractivity contribution in [2.45, 2.75) is 51.5 Å². The average molecular weight is 256 g/mol. The Bertz CT molecular complexity index is 382. The van der Waals surface area contributed by atoms with Gasteiger partial charge in [0.1, 0.15) is 0 Å². The number of aryl methyl sites for hydroxylation is 2. The van der Waals surface area contributed by atoms with Crippen LogP contribution in [-0.4, -0.2) is 15.8 Å². The van der Waals surface area contributed by atoms with Crippen LogP contribution in [-0.2, 0) is 19.9 Å². The predicted molar refractivity (Wildman–Crippen MR) is 71.2 cm³/mol. The molecule has 1 fully saturated rings. The highest BCUT2D eigenvalue weighted by molar-refractivity contribution is 6.31. The van der Waals surface area contributed by atoms with E-state index in [0.717, 1.165) is 41.6 Å². The fourth-order valence-electron chi connectivity index (χ4n) is 2.53. The largest absolute Gasteiger partial charge is 0.327 e. The van der Waals surface area contributed by atoms with Gasteiger partial charge in [-0.3, -0.25) is 4.68 Å². The third-order valence-corrected chi connectivity index (χ3v) is 4.26. The van der Waals surface area contributed by atoms with Crippen molar-refractivity contribution in [1.29, 1.82) is 0 Å². The van der Waals surface area contributed by atoms with Crippen LogP contribution in [0, 0.1) is 5.92 Å². The lowest BCUT2D eigenvalue weighted by Gasteiger charge is -2.28. The van der Waals surface area contributed by atoms with Crippen LogP contribution < -0.4 is 5.73 Å². The summed E-state index contributed by atoms with van der Waals surface area (Å²) in [6.07, 6.45) is 6.94. The SMILES string of the molecule is CCc1nn(C)c(CC(N)CC2CCC2)c1Cl. The molecule has 1 aromatic heterocycles. The first kappa shape index (κ1) is 12.9. The van der Waals surface area contributed by atoms with Crippen LogP contribution in [0.4, 0.5) is 0 Å². The fourth-order valence-corrected chi connectivity index (χ4v) is 2.90. The molecule has 17 heavy (non-hydrogen) atoms. The number of halogens is 1. The zero-order chi connectivity index (χ0) is 12.4. The Kier molecular flexibility index (Phi) is 4.10. The topological polar surface area (TPSA) is 43.8 Å². The summed E-state index contributed by atoms with van der Waals surface area (Å²) in [7, 11) is 1.95. The quantitative estimate of drug-likeness (QED) is 0.879. The summed E-state index contributed by atoms with van der Waals surface area (Å²) in [4.78, 5) is 0. The van der Waals surface area contributed by atoms with Crippen LogP contribution in [0.15, 0.2) is 0 Å². The molecule has 0 saturated heterocycles. The number of nitrogens with two attached hydrogens (primary N) is 1. The fraction of sp³-hybridized carbons (Fsp3) is 0.769. The second-order valence-corrected chi connectivity index (χ2v) is 5.56. The van der Waals surface area contributed by atoms with E-state index in [9.17, 15) is 0 Å². The molecule has 1 heterocycles. The van der Waals surface area contributed by atoms with Gasteiger partial charge in [-0.15, -0.1) is 0 Å². The minimum atomic E-state index is 0.220. The first-order chi connectivity index (χ1) is 8.11. The molecule has 0 bridgehead atoms. The molecule has 0 aromatic carbocycles. The van der Waals surface area contributed by atoms with E-state index in [2.05, 4.69) is 12.0 Å². The van der Waals surface area contributed by atoms with Crippen molar-refractivity contribution in [3.63, 3.8) is 0 Å². The first-order valence-electron chi connectivity index (χ1n) is 6.57. The number of nitrogens with zero attached hydrogens (tertiary/aromatic N) is 2. The molecule has 3 nitrogen and oxygen atoms in total. The highest BCUT2D eigenvalue weighted by Gasteiger charge is 2.22. The third-order valence-electron chi connectivity index (χ3n) is 3.82. The van der Waals surface area contributed by atoms with Crippen LogP contribution in [0.2, 0.25) is 5.02 Å². The standard InChI is InChI=1S/C13H22ClN3/c1-3-11-13(14)12(17(2)16-11)8-10(15)7-9-5-4-6-9/h9-10H,3-8,15H2,1-2H3. The number of hydrogen-bond donors (Lipinski definition) is 1. The smallest absolute Gasteiger partial charge is 0.0850 e. The van der Waals surface area contributed by atoms with Crippen LogP contribution in [0.3, 0.4) is 0 Å². The van der Waals surface area contributed by atoms with Crippen LogP contribution in [0.25, 0.3) is 0 Å². The van der Waals surface area contributed by atoms with E-state index in [1.807, 2.05) is 11.7 Å². The van der Waals surface area contributed by atoms with Gasteiger partial charge >= 0.3 is 0 Å². The highest BCUT2D eigenvalue weighted by atomic mass is 35.5. The molecule has 1 saturated carbocycles. The molecular weight excluding hydrogens is 234 g/mol. The second kappa shape index (κ2) is 5.40. The van der Waals surface area contributed by atoms with Gasteiger partial charge in [0.05, 0.1) is 16.4 Å². The lowest BCUT2D eigenvalue weighted by atomic mass is 9.80. The zero-order valence-corrected chi connectivity index (χ0v) is 11.5. The monoisotopic (exact) mass is 255 g/mol. The van der Waals surface area contributed by atoms with E-state index in [1.54, 1.807) is 0 Å². The summed E-state index contributed by atoms with van der Waals surface area (Å²) >= 11 is 6.32. The minimum Gasteiger partial charge on any atom is -0.327 e. The Labute approximate surface area is 108 Å². The number of rotatable bonds is 5. The predicted octanol–water partition coefficient (Wildman–Crippen LogP) is 2.70. The van der Waals surface area contributed by atoms with Gasteiger partial charge in [-0.2, -0.15) is 5.10 Å². The van der Waals surface area contributed by atoms with E-state index in [4.69, 9.17) is 17.3 Å². The number of aromatic nitrogens is 2. The Morgan fingerprint density at radius 1 is 1.53 bits per heavy atom. The Morgan fingerprint density at radius 2 is 2.24 bits per heavy atom. The molecule has 1 atom stereocenters. The van der Waals surface area contributed by atoms with E-state index in [0.29, 0.717) is 0 Å². The molecule has 2 N–H and O–H groups in total. The molecule has 0 radical (unpaired) electrons. The first-order valence-corrected chi connectivity index (χ1v) is 6.95. The van der Waals surface area contributed by atoms with Crippen LogP contribution in [0.1, 0.15) is 44.0 Å². The highest BCUT2D eigenvalue weighted by Crippen LogP contribution is 2.31. The molecule has 0 spiro atoms. The summed E-state index contributed by atoms with van der Waals surface area (Å²) in [6, 6.07) is 0.220. The molecule has 0 aliphatic heterocycles. The van der Waals surface area contributed by atoms with Crippen molar-refractivity contribution in [1.82, 2.24) is 9.78 Å². The summed E-state index contributed by atoms with van der Waals surface area (Å²) in [5.74, 6) is 0.850. The molecule has 96 valence electrons.